The third kappa shape index (κ3) is 2.77. The number of pyridine rings is 1. The van der Waals surface area contributed by atoms with E-state index in [1.54, 1.807) is 18.2 Å². The number of carbonyl (C=O) groups is 1. The predicted octanol–water partition coefficient (Wildman–Crippen LogP) is 1.97. The van der Waals surface area contributed by atoms with Crippen LogP contribution in [0.2, 0.25) is 0 Å². The van der Waals surface area contributed by atoms with Gasteiger partial charge in [0.25, 0.3) is 21.0 Å². The Morgan fingerprint density at radius 2 is 2.03 bits per heavy atom. The maximum atomic E-state index is 13.1. The Morgan fingerprint density at radius 3 is 2.83 bits per heavy atom. The van der Waals surface area contributed by atoms with Crippen molar-refractivity contribution in [3.63, 3.8) is 0 Å². The van der Waals surface area contributed by atoms with Crippen LogP contribution < -0.4 is 4.72 Å². The van der Waals surface area contributed by atoms with Gasteiger partial charge in [-0.25, -0.2) is 9.78 Å². The lowest BCUT2D eigenvalue weighted by molar-refractivity contribution is 0.0698. The minimum Gasteiger partial charge on any atom is -0.478 e. The fraction of sp³-hybridized carbons (Fsp3) is 0.211. The van der Waals surface area contributed by atoms with Crippen molar-refractivity contribution in [3.8, 4) is 0 Å². The number of carboxylic acids is 1. The van der Waals surface area contributed by atoms with Crippen molar-refractivity contribution in [2.24, 2.45) is 0 Å². The average molecular weight is 424 g/mol. The molecule has 1 aliphatic rings. The van der Waals surface area contributed by atoms with Crippen LogP contribution in [0.25, 0.3) is 16.7 Å². The van der Waals surface area contributed by atoms with Crippen molar-refractivity contribution in [2.75, 3.05) is 4.72 Å². The number of hydrogen-bond acceptors (Lipinski definition) is 7. The Balaban J connectivity index is 1.66. The molecule has 0 fully saturated rings. The molecule has 0 saturated carbocycles. The van der Waals surface area contributed by atoms with Gasteiger partial charge in [-0.15, -0.1) is 5.10 Å². The third-order valence-electron chi connectivity index (χ3n) is 5.20. The summed E-state index contributed by atoms with van der Waals surface area (Å²) >= 11 is 0. The topological polar surface area (TPSA) is 139 Å². The first-order chi connectivity index (χ1) is 14.3. The molecule has 0 atom stereocenters. The highest BCUT2D eigenvalue weighted by Gasteiger charge is 2.28. The molecule has 11 heteroatoms. The first kappa shape index (κ1) is 18.4. The number of rotatable bonds is 4. The molecule has 2 N–H and O–H groups in total. The number of sulfonamides is 1. The van der Waals surface area contributed by atoms with Crippen LogP contribution >= 0.6 is 0 Å². The Kier molecular flexibility index (Phi) is 3.97. The number of hydrogen-bond donors (Lipinski definition) is 2. The number of nitrogens with zero attached hydrogens (tertiary/aromatic N) is 5. The van der Waals surface area contributed by atoms with Crippen molar-refractivity contribution < 1.29 is 18.3 Å². The van der Waals surface area contributed by atoms with Gasteiger partial charge in [0.05, 0.1) is 22.5 Å². The van der Waals surface area contributed by atoms with Crippen molar-refractivity contribution >= 4 is 38.4 Å². The molecule has 3 aromatic heterocycles. The van der Waals surface area contributed by atoms with E-state index in [2.05, 4.69) is 24.8 Å². The average Bonchev–Trinajstić information content (AvgIpc) is 3.35. The standard InChI is InChI=1S/C19H16N6O4S/c1-10-12-5-2-6-14(12)25-18(21-10)22-19(23-25)30(28,29)24-16-13(17(26)27)8-7-11-4-3-9-20-15(11)16/h3-4,7-9,24H,2,5-6H2,1H3,(H,26,27). The van der Waals surface area contributed by atoms with E-state index in [9.17, 15) is 18.3 Å². The molecule has 10 nitrogen and oxygen atoms in total. The summed E-state index contributed by atoms with van der Waals surface area (Å²) in [5, 5.41) is 13.8. The smallest absolute Gasteiger partial charge is 0.337 e. The largest absolute Gasteiger partial charge is 0.478 e. The summed E-state index contributed by atoms with van der Waals surface area (Å²) in [6, 6.07) is 6.30. The van der Waals surface area contributed by atoms with E-state index in [-0.39, 0.29) is 22.5 Å². The number of anilines is 1. The summed E-state index contributed by atoms with van der Waals surface area (Å²) in [5.74, 6) is -1.08. The van der Waals surface area contributed by atoms with Crippen LogP contribution in [0.5, 0.6) is 0 Å². The second-order valence-electron chi connectivity index (χ2n) is 7.06. The van der Waals surface area contributed by atoms with Gasteiger partial charge in [0.1, 0.15) is 0 Å². The monoisotopic (exact) mass is 424 g/mol. The Bertz CT molecular complexity index is 1460. The summed E-state index contributed by atoms with van der Waals surface area (Å²) in [6.07, 6.45) is 4.04. The lowest BCUT2D eigenvalue weighted by atomic mass is 10.1. The molecule has 0 unspecified atom stereocenters. The van der Waals surface area contributed by atoms with E-state index in [4.69, 9.17) is 0 Å². The zero-order valence-electron chi connectivity index (χ0n) is 15.8. The summed E-state index contributed by atoms with van der Waals surface area (Å²) in [6.45, 7) is 1.87. The van der Waals surface area contributed by atoms with E-state index >= 15 is 0 Å². The van der Waals surface area contributed by atoms with E-state index < -0.39 is 21.1 Å². The fourth-order valence-corrected chi connectivity index (χ4v) is 4.79. The molecule has 30 heavy (non-hydrogen) atoms. The van der Waals surface area contributed by atoms with Gasteiger partial charge in [0.2, 0.25) is 0 Å². The summed E-state index contributed by atoms with van der Waals surface area (Å²) < 4.78 is 29.9. The van der Waals surface area contributed by atoms with Crippen molar-refractivity contribution in [2.45, 2.75) is 31.3 Å². The van der Waals surface area contributed by atoms with Gasteiger partial charge < -0.3 is 5.11 Å². The van der Waals surface area contributed by atoms with E-state index in [1.165, 1.54) is 16.8 Å². The normalized spacial score (nSPS) is 13.6. The first-order valence-electron chi connectivity index (χ1n) is 9.24. The molecule has 152 valence electrons. The molecule has 0 amide bonds. The maximum Gasteiger partial charge on any atom is 0.337 e. The van der Waals surface area contributed by atoms with Crippen LogP contribution in [-0.4, -0.2) is 44.1 Å². The molecule has 1 aromatic carbocycles. The number of fused-ring (bicyclic) bond motifs is 4. The zero-order valence-corrected chi connectivity index (χ0v) is 16.6. The summed E-state index contributed by atoms with van der Waals surface area (Å²) in [7, 11) is -4.29. The van der Waals surface area contributed by atoms with E-state index in [1.807, 2.05) is 6.92 Å². The number of aromatic nitrogens is 5. The van der Waals surface area contributed by atoms with Gasteiger partial charge in [-0.1, -0.05) is 12.1 Å². The quantitative estimate of drug-likeness (QED) is 0.507. The van der Waals surface area contributed by atoms with Crippen LogP contribution in [0.4, 0.5) is 5.69 Å². The molecule has 4 aromatic rings. The Morgan fingerprint density at radius 1 is 1.20 bits per heavy atom. The maximum absolute atomic E-state index is 13.1. The lowest BCUT2D eigenvalue weighted by Gasteiger charge is -2.11. The van der Waals surface area contributed by atoms with E-state index in [0.29, 0.717) is 5.39 Å². The van der Waals surface area contributed by atoms with Gasteiger partial charge in [0.15, 0.2) is 0 Å². The lowest BCUT2D eigenvalue weighted by Crippen LogP contribution is -2.18. The molecule has 5 rings (SSSR count). The van der Waals surface area contributed by atoms with E-state index in [0.717, 1.165) is 36.2 Å². The van der Waals surface area contributed by atoms with Crippen LogP contribution in [0.3, 0.4) is 0 Å². The van der Waals surface area contributed by atoms with Crippen LogP contribution in [0.15, 0.2) is 35.6 Å². The van der Waals surface area contributed by atoms with Crippen molar-refractivity contribution in [1.29, 1.82) is 0 Å². The highest BCUT2D eigenvalue weighted by Crippen LogP contribution is 2.29. The molecule has 0 spiro atoms. The Labute approximate surface area is 170 Å². The summed E-state index contributed by atoms with van der Waals surface area (Å²) in [4.78, 5) is 24.3. The van der Waals surface area contributed by atoms with Gasteiger partial charge in [-0.3, -0.25) is 9.71 Å². The van der Waals surface area contributed by atoms with Crippen LogP contribution in [0, 0.1) is 6.92 Å². The molecule has 0 bridgehead atoms. The highest BCUT2D eigenvalue weighted by molar-refractivity contribution is 7.92. The minimum absolute atomic E-state index is 0.131. The van der Waals surface area contributed by atoms with Crippen LogP contribution in [-0.2, 0) is 22.9 Å². The van der Waals surface area contributed by atoms with Gasteiger partial charge in [-0.05, 0) is 43.9 Å². The molecule has 3 heterocycles. The predicted molar refractivity (Wildman–Crippen MR) is 107 cm³/mol. The zero-order chi connectivity index (χ0) is 21.0. The Hall–Kier alpha value is -3.60. The first-order valence-corrected chi connectivity index (χ1v) is 10.7. The van der Waals surface area contributed by atoms with Gasteiger partial charge in [0, 0.05) is 17.3 Å². The molecule has 0 radical (unpaired) electrons. The number of aryl methyl sites for hydroxylation is 2. The van der Waals surface area contributed by atoms with Gasteiger partial charge >= 0.3 is 5.97 Å². The highest BCUT2D eigenvalue weighted by atomic mass is 32.2. The van der Waals surface area contributed by atoms with Crippen molar-refractivity contribution in [3.05, 3.63) is 53.0 Å². The second kappa shape index (κ2) is 6.46. The molecule has 0 saturated heterocycles. The third-order valence-corrected chi connectivity index (χ3v) is 6.33. The molecule has 0 aliphatic heterocycles. The molecule has 1 aliphatic carbocycles. The number of nitrogens with one attached hydrogen (secondary N) is 1. The number of carboxylic acid groups (broad SMARTS) is 1. The van der Waals surface area contributed by atoms with Crippen LogP contribution in [0.1, 0.15) is 33.7 Å². The molecular weight excluding hydrogens is 408 g/mol. The molecular formula is C19H16N6O4S. The fourth-order valence-electron chi connectivity index (χ4n) is 3.83. The summed E-state index contributed by atoms with van der Waals surface area (Å²) in [5.41, 5.74) is 2.66. The number of aromatic carboxylic acids is 1. The SMILES string of the molecule is Cc1nc2nc(S(=O)(=O)Nc3c(C(=O)O)ccc4cccnc34)nn2c2c1CCC2. The second-order valence-corrected chi connectivity index (χ2v) is 8.63. The number of benzene rings is 1. The van der Waals surface area contributed by atoms with Crippen molar-refractivity contribution in [1.82, 2.24) is 24.6 Å². The van der Waals surface area contributed by atoms with Gasteiger partial charge in [-0.2, -0.15) is 17.9 Å². The minimum atomic E-state index is -4.29.